The molecule has 0 spiro atoms. The largest absolute Gasteiger partial charge is 0.495 e. The van der Waals surface area contributed by atoms with E-state index in [2.05, 4.69) is 38.9 Å². The van der Waals surface area contributed by atoms with E-state index in [-0.39, 0.29) is 28.9 Å². The second-order valence-corrected chi connectivity index (χ2v) is 8.42. The number of ether oxygens (including phenoxy) is 2. The molecule has 1 saturated carbocycles. The summed E-state index contributed by atoms with van der Waals surface area (Å²) in [6, 6.07) is 14.7. The van der Waals surface area contributed by atoms with E-state index < -0.39 is 0 Å². The molecule has 0 bridgehead atoms. The molecular formula is C24H27NO3. The van der Waals surface area contributed by atoms with Gasteiger partial charge in [-0.25, -0.2) is 0 Å². The van der Waals surface area contributed by atoms with Crippen molar-refractivity contribution in [1.29, 1.82) is 0 Å². The molecular weight excluding hydrogens is 350 g/mol. The molecule has 0 aromatic heterocycles. The number of rotatable bonds is 5. The van der Waals surface area contributed by atoms with Crippen LogP contribution in [0.4, 0.5) is 0 Å². The summed E-state index contributed by atoms with van der Waals surface area (Å²) >= 11 is 0. The fourth-order valence-electron chi connectivity index (χ4n) is 4.60. The Morgan fingerprint density at radius 3 is 2.29 bits per heavy atom. The van der Waals surface area contributed by atoms with Crippen molar-refractivity contribution in [1.82, 2.24) is 5.32 Å². The molecule has 0 heterocycles. The molecule has 0 unspecified atom stereocenters. The third kappa shape index (κ3) is 3.33. The first kappa shape index (κ1) is 19.8. The van der Waals surface area contributed by atoms with Crippen molar-refractivity contribution >= 4 is 5.91 Å². The number of carbonyl (C=O) groups is 1. The van der Waals surface area contributed by atoms with Crippen LogP contribution in [-0.4, -0.2) is 25.2 Å². The van der Waals surface area contributed by atoms with Crippen LogP contribution in [0.25, 0.3) is 0 Å². The summed E-state index contributed by atoms with van der Waals surface area (Å²) in [6.07, 6.45) is 5.42. The summed E-state index contributed by atoms with van der Waals surface area (Å²) < 4.78 is 11.7. The van der Waals surface area contributed by atoms with E-state index in [0.717, 1.165) is 0 Å². The zero-order valence-electron chi connectivity index (χ0n) is 17.1. The molecule has 0 saturated heterocycles. The van der Waals surface area contributed by atoms with Crippen LogP contribution in [0.2, 0.25) is 0 Å². The van der Waals surface area contributed by atoms with Crippen molar-refractivity contribution in [2.24, 2.45) is 10.8 Å². The Bertz CT molecular complexity index is 893. The number of methoxy groups -OCH3 is 1. The van der Waals surface area contributed by atoms with E-state index in [4.69, 9.17) is 15.9 Å². The highest BCUT2D eigenvalue weighted by Gasteiger charge is 2.64. The van der Waals surface area contributed by atoms with Gasteiger partial charge < -0.3 is 14.8 Å². The van der Waals surface area contributed by atoms with Crippen LogP contribution >= 0.6 is 0 Å². The molecule has 0 radical (unpaired) electrons. The summed E-state index contributed by atoms with van der Waals surface area (Å²) in [7, 11) is 1.59. The number of nitrogens with one attached hydrogen (secondary N) is 1. The second-order valence-electron chi connectivity index (χ2n) is 8.42. The van der Waals surface area contributed by atoms with Gasteiger partial charge in [-0.3, -0.25) is 4.79 Å². The third-order valence-corrected chi connectivity index (χ3v) is 5.73. The van der Waals surface area contributed by atoms with Crippen LogP contribution in [-0.2, 0) is 0 Å². The van der Waals surface area contributed by atoms with Crippen molar-refractivity contribution in [2.45, 2.75) is 39.8 Å². The first-order valence-corrected chi connectivity index (χ1v) is 9.39. The number of amides is 1. The topological polar surface area (TPSA) is 47.6 Å². The monoisotopic (exact) mass is 377 g/mol. The normalized spacial score (nSPS) is 21.7. The fraction of sp³-hybridized carbons (Fsp3) is 0.375. The number of hydrogen-bond acceptors (Lipinski definition) is 3. The van der Waals surface area contributed by atoms with Gasteiger partial charge in [-0.15, -0.1) is 6.42 Å². The lowest BCUT2D eigenvalue weighted by Crippen LogP contribution is -2.74. The molecule has 28 heavy (non-hydrogen) atoms. The zero-order valence-corrected chi connectivity index (χ0v) is 17.1. The highest BCUT2D eigenvalue weighted by molar-refractivity contribution is 5.94. The van der Waals surface area contributed by atoms with Gasteiger partial charge in [-0.05, 0) is 24.3 Å². The van der Waals surface area contributed by atoms with Gasteiger partial charge in [0.1, 0.15) is 17.6 Å². The van der Waals surface area contributed by atoms with Gasteiger partial charge in [-0.1, -0.05) is 51.8 Å². The molecule has 4 heteroatoms. The molecule has 2 aromatic rings. The Labute approximate surface area is 167 Å². The maximum absolute atomic E-state index is 12.7. The van der Waals surface area contributed by atoms with Crippen LogP contribution in [0.5, 0.6) is 11.5 Å². The highest BCUT2D eigenvalue weighted by Crippen LogP contribution is 2.55. The Kier molecular flexibility index (Phi) is 5.12. The Morgan fingerprint density at radius 1 is 1.07 bits per heavy atom. The SMILES string of the molecule is C#Cc1ccc(OC2C(C)(C)C(NC(=O)c3ccccc3)C2(C)C)cc1OC. The van der Waals surface area contributed by atoms with Crippen LogP contribution in [0.1, 0.15) is 43.6 Å². The number of carbonyl (C=O) groups excluding carboxylic acids is 1. The van der Waals surface area contributed by atoms with Gasteiger partial charge in [0, 0.05) is 28.5 Å². The van der Waals surface area contributed by atoms with Crippen molar-refractivity contribution in [3.63, 3.8) is 0 Å². The first-order valence-electron chi connectivity index (χ1n) is 9.39. The molecule has 0 atom stereocenters. The Morgan fingerprint density at radius 2 is 1.71 bits per heavy atom. The molecule has 0 aliphatic heterocycles. The van der Waals surface area contributed by atoms with Gasteiger partial charge in [0.05, 0.1) is 12.7 Å². The summed E-state index contributed by atoms with van der Waals surface area (Å²) in [4.78, 5) is 12.7. The van der Waals surface area contributed by atoms with E-state index in [0.29, 0.717) is 22.6 Å². The van der Waals surface area contributed by atoms with Crippen molar-refractivity contribution < 1.29 is 14.3 Å². The summed E-state index contributed by atoms with van der Waals surface area (Å²) in [5.41, 5.74) is 0.862. The molecule has 2 aromatic carbocycles. The van der Waals surface area contributed by atoms with Gasteiger partial charge in [-0.2, -0.15) is 0 Å². The van der Waals surface area contributed by atoms with E-state index in [1.165, 1.54) is 0 Å². The number of hydrogen-bond donors (Lipinski definition) is 1. The van der Waals surface area contributed by atoms with Gasteiger partial charge in [0.15, 0.2) is 0 Å². The maximum Gasteiger partial charge on any atom is 0.251 e. The van der Waals surface area contributed by atoms with E-state index in [9.17, 15) is 4.79 Å². The summed E-state index contributed by atoms with van der Waals surface area (Å²) in [5.74, 6) is 3.86. The molecule has 4 nitrogen and oxygen atoms in total. The molecule has 1 fully saturated rings. The van der Waals surface area contributed by atoms with E-state index in [1.54, 1.807) is 7.11 Å². The minimum atomic E-state index is -0.244. The van der Waals surface area contributed by atoms with Crippen LogP contribution in [0.15, 0.2) is 48.5 Å². The minimum Gasteiger partial charge on any atom is -0.495 e. The van der Waals surface area contributed by atoms with Crippen molar-refractivity contribution in [3.8, 4) is 23.8 Å². The standard InChI is InChI=1S/C24H27NO3/c1-7-16-13-14-18(15-19(16)27-6)28-22-23(2,3)21(24(22,4)5)25-20(26)17-11-9-8-10-12-17/h1,8-15,21-22H,2-6H3,(H,25,26). The molecule has 146 valence electrons. The van der Waals surface area contributed by atoms with Crippen LogP contribution in [0.3, 0.4) is 0 Å². The lowest BCUT2D eigenvalue weighted by molar-refractivity contribution is -0.164. The first-order chi connectivity index (χ1) is 13.2. The average molecular weight is 377 g/mol. The maximum atomic E-state index is 12.7. The fourth-order valence-corrected chi connectivity index (χ4v) is 4.60. The molecule has 1 amide bonds. The van der Waals surface area contributed by atoms with E-state index >= 15 is 0 Å². The predicted octanol–water partition coefficient (Wildman–Crippen LogP) is 4.29. The average Bonchev–Trinajstić information content (AvgIpc) is 2.69. The summed E-state index contributed by atoms with van der Waals surface area (Å²) in [5, 5.41) is 3.20. The third-order valence-electron chi connectivity index (χ3n) is 5.73. The molecule has 1 aliphatic carbocycles. The number of benzene rings is 2. The molecule has 1 N–H and O–H groups in total. The van der Waals surface area contributed by atoms with Crippen molar-refractivity contribution in [3.05, 3.63) is 59.7 Å². The second kappa shape index (κ2) is 7.24. The lowest BCUT2D eigenvalue weighted by atomic mass is 9.49. The predicted molar refractivity (Wildman–Crippen MR) is 111 cm³/mol. The Hall–Kier alpha value is -2.93. The van der Waals surface area contributed by atoms with Crippen molar-refractivity contribution in [2.75, 3.05) is 7.11 Å². The minimum absolute atomic E-state index is 0.0235. The van der Waals surface area contributed by atoms with E-state index in [1.807, 2.05) is 48.5 Å². The molecule has 3 rings (SSSR count). The zero-order chi connectivity index (χ0) is 20.5. The van der Waals surface area contributed by atoms with Crippen LogP contribution in [0, 0.1) is 23.2 Å². The van der Waals surface area contributed by atoms with Gasteiger partial charge in [0.25, 0.3) is 5.91 Å². The van der Waals surface area contributed by atoms with Gasteiger partial charge in [0.2, 0.25) is 0 Å². The Balaban J connectivity index is 1.78. The van der Waals surface area contributed by atoms with Crippen LogP contribution < -0.4 is 14.8 Å². The summed E-state index contributed by atoms with van der Waals surface area (Å²) in [6.45, 7) is 8.47. The van der Waals surface area contributed by atoms with Gasteiger partial charge >= 0.3 is 0 Å². The highest BCUT2D eigenvalue weighted by atomic mass is 16.5. The number of terminal acetylenes is 1. The smallest absolute Gasteiger partial charge is 0.251 e. The lowest BCUT2D eigenvalue weighted by Gasteiger charge is -2.63. The molecule has 1 aliphatic rings. The quantitative estimate of drug-likeness (QED) is 0.791.